The second kappa shape index (κ2) is 10.4. The van der Waals surface area contributed by atoms with Crippen molar-refractivity contribution in [1.29, 1.82) is 0 Å². The van der Waals surface area contributed by atoms with E-state index in [0.29, 0.717) is 12.0 Å². The molecular weight excluding hydrogens is 537 g/mol. The molecule has 2 aliphatic rings. The molecule has 7 N–H and O–H groups in total. The first-order chi connectivity index (χ1) is 18.5. The second-order valence-corrected chi connectivity index (χ2v) is 11.6. The van der Waals surface area contributed by atoms with Crippen LogP contribution in [-0.2, 0) is 13.6 Å². The lowest BCUT2D eigenvalue weighted by Crippen LogP contribution is -2.32. The summed E-state index contributed by atoms with van der Waals surface area (Å²) in [4.78, 5) is 59.2. The number of hydrogen-bond acceptors (Lipinski definition) is 11. The van der Waals surface area contributed by atoms with Gasteiger partial charge in [-0.05, 0) is 32.6 Å². The van der Waals surface area contributed by atoms with Gasteiger partial charge in [0, 0.05) is 42.3 Å². The molecule has 16 nitrogen and oxygen atoms in total. The Morgan fingerprint density at radius 1 is 1.10 bits per heavy atom. The van der Waals surface area contributed by atoms with Crippen LogP contribution in [0.15, 0.2) is 26.9 Å². The number of hydrogen-bond donors (Lipinski definition) is 6. The minimum absolute atomic E-state index is 0.0797. The van der Waals surface area contributed by atoms with Gasteiger partial charge in [-0.25, -0.2) is 14.3 Å². The SMILES string of the molecule is Cc1cn([C@@H]2C[C@H](COP(=O)(O)O[C@H]3C[C@H](n4cnc5c(=O)[nH]c(N)nc54)C[C@@H]3CO)[C@@H](O)C2)c(=O)[nH]c1=O. The topological polar surface area (TPSA) is 241 Å². The summed E-state index contributed by atoms with van der Waals surface area (Å²) < 4.78 is 26.5. The molecule has 0 spiro atoms. The monoisotopic (exact) mass is 567 g/mol. The van der Waals surface area contributed by atoms with Gasteiger partial charge in [-0.3, -0.25) is 33.2 Å². The van der Waals surface area contributed by atoms with Crippen LogP contribution in [0.5, 0.6) is 0 Å². The molecule has 2 fully saturated rings. The minimum Gasteiger partial charge on any atom is -0.396 e. The molecular formula is C22H30N7O9P. The molecule has 39 heavy (non-hydrogen) atoms. The van der Waals surface area contributed by atoms with Gasteiger partial charge >= 0.3 is 13.5 Å². The van der Waals surface area contributed by atoms with E-state index in [0.717, 1.165) is 0 Å². The summed E-state index contributed by atoms with van der Waals surface area (Å²) in [6.45, 7) is 0.940. The first-order valence-electron chi connectivity index (χ1n) is 12.4. The molecule has 0 radical (unpaired) electrons. The molecule has 3 aromatic heterocycles. The Morgan fingerprint density at radius 3 is 2.56 bits per heavy atom. The number of nitrogens with zero attached hydrogens (tertiary/aromatic N) is 4. The normalized spacial score (nSPS) is 28.7. The Labute approximate surface area is 220 Å². The molecule has 5 rings (SSSR count). The number of phosphoric ester groups is 1. The number of nitrogen functional groups attached to an aromatic ring is 1. The van der Waals surface area contributed by atoms with Crippen LogP contribution >= 0.6 is 7.82 Å². The molecule has 3 aromatic rings. The molecule has 212 valence electrons. The van der Waals surface area contributed by atoms with Gasteiger partial charge in [0.05, 0.1) is 25.1 Å². The van der Waals surface area contributed by atoms with E-state index in [1.54, 1.807) is 11.5 Å². The quantitative estimate of drug-likeness (QED) is 0.186. The maximum absolute atomic E-state index is 12.8. The number of anilines is 1. The lowest BCUT2D eigenvalue weighted by atomic mass is 10.1. The van der Waals surface area contributed by atoms with Crippen molar-refractivity contribution >= 4 is 24.9 Å². The maximum Gasteiger partial charge on any atom is 0.472 e. The number of nitrogens with one attached hydrogen (secondary N) is 2. The first kappa shape index (κ1) is 27.4. The molecule has 0 aliphatic heterocycles. The van der Waals surface area contributed by atoms with E-state index in [2.05, 4.69) is 19.9 Å². The number of imidazole rings is 1. The van der Waals surface area contributed by atoms with Crippen molar-refractivity contribution in [2.45, 2.75) is 56.9 Å². The summed E-state index contributed by atoms with van der Waals surface area (Å²) in [5.41, 5.74) is 4.78. The van der Waals surface area contributed by atoms with Crippen molar-refractivity contribution in [2.24, 2.45) is 11.8 Å². The molecule has 0 saturated heterocycles. The van der Waals surface area contributed by atoms with Crippen LogP contribution < -0.4 is 22.5 Å². The van der Waals surface area contributed by atoms with E-state index in [1.807, 2.05) is 0 Å². The highest BCUT2D eigenvalue weighted by atomic mass is 31.2. The van der Waals surface area contributed by atoms with Crippen molar-refractivity contribution in [3.8, 4) is 0 Å². The first-order valence-corrected chi connectivity index (χ1v) is 13.9. The molecule has 2 saturated carbocycles. The third kappa shape index (κ3) is 5.48. The minimum atomic E-state index is -4.61. The van der Waals surface area contributed by atoms with Crippen LogP contribution in [0.25, 0.3) is 11.2 Å². The fourth-order valence-corrected chi connectivity index (χ4v) is 6.59. The lowest BCUT2D eigenvalue weighted by molar-refractivity contribution is 0.0428. The number of aliphatic hydroxyl groups excluding tert-OH is 2. The summed E-state index contributed by atoms with van der Waals surface area (Å²) in [7, 11) is -4.61. The fourth-order valence-electron chi connectivity index (χ4n) is 5.55. The van der Waals surface area contributed by atoms with Crippen LogP contribution in [0.4, 0.5) is 5.95 Å². The number of aryl methyl sites for hydroxylation is 1. The maximum atomic E-state index is 12.8. The molecule has 3 heterocycles. The van der Waals surface area contributed by atoms with Crippen molar-refractivity contribution in [1.82, 2.24) is 29.1 Å². The Kier molecular flexibility index (Phi) is 7.35. The molecule has 7 atom stereocenters. The van der Waals surface area contributed by atoms with E-state index in [9.17, 15) is 34.1 Å². The van der Waals surface area contributed by atoms with Crippen molar-refractivity contribution in [2.75, 3.05) is 18.9 Å². The summed E-state index contributed by atoms with van der Waals surface area (Å²) in [6, 6.07) is -0.771. The highest BCUT2D eigenvalue weighted by Crippen LogP contribution is 2.51. The van der Waals surface area contributed by atoms with Gasteiger partial charge < -0.3 is 25.4 Å². The highest BCUT2D eigenvalue weighted by Gasteiger charge is 2.42. The molecule has 17 heteroatoms. The summed E-state index contributed by atoms with van der Waals surface area (Å²) in [5.74, 6) is -1.15. The van der Waals surface area contributed by atoms with Crippen molar-refractivity contribution < 1.29 is 28.7 Å². The van der Waals surface area contributed by atoms with Crippen LogP contribution in [0.3, 0.4) is 0 Å². The number of phosphoric acid groups is 1. The number of aromatic amines is 2. The number of aliphatic hydroxyl groups is 2. The van der Waals surface area contributed by atoms with E-state index in [4.69, 9.17) is 14.8 Å². The van der Waals surface area contributed by atoms with Crippen molar-refractivity contribution in [3.63, 3.8) is 0 Å². The average Bonchev–Trinajstić information content (AvgIpc) is 3.56. The summed E-state index contributed by atoms with van der Waals surface area (Å²) in [6.07, 6.45) is 2.14. The van der Waals surface area contributed by atoms with E-state index < -0.39 is 54.7 Å². The number of rotatable bonds is 8. The Hall–Kier alpha value is -3.14. The zero-order chi connectivity index (χ0) is 28.1. The van der Waals surface area contributed by atoms with Crippen LogP contribution in [0.1, 0.15) is 43.3 Å². The summed E-state index contributed by atoms with van der Waals surface area (Å²) in [5, 5.41) is 20.4. The third-order valence-corrected chi connectivity index (χ3v) is 8.59. The van der Waals surface area contributed by atoms with Gasteiger partial charge in [-0.15, -0.1) is 0 Å². The number of aromatic nitrogens is 6. The third-order valence-electron chi connectivity index (χ3n) is 7.58. The highest BCUT2D eigenvalue weighted by molar-refractivity contribution is 7.47. The zero-order valence-electron chi connectivity index (χ0n) is 21.0. The Balaban J connectivity index is 1.23. The second-order valence-electron chi connectivity index (χ2n) is 10.2. The fraction of sp³-hybridized carbons (Fsp3) is 0.591. The molecule has 0 amide bonds. The number of H-pyrrole nitrogens is 2. The van der Waals surface area contributed by atoms with Crippen LogP contribution in [-0.4, -0.2) is 69.6 Å². The smallest absolute Gasteiger partial charge is 0.396 e. The van der Waals surface area contributed by atoms with Crippen LogP contribution in [0.2, 0.25) is 0 Å². The Bertz CT molecular complexity index is 1600. The average molecular weight is 567 g/mol. The molecule has 1 unspecified atom stereocenters. The van der Waals surface area contributed by atoms with Crippen molar-refractivity contribution in [3.05, 3.63) is 49.3 Å². The van der Waals surface area contributed by atoms with Gasteiger partial charge in [0.25, 0.3) is 11.1 Å². The van der Waals surface area contributed by atoms with Gasteiger partial charge in [0.15, 0.2) is 11.2 Å². The van der Waals surface area contributed by atoms with E-state index in [1.165, 1.54) is 17.1 Å². The molecule has 0 aromatic carbocycles. The van der Waals surface area contributed by atoms with Crippen LogP contribution in [0, 0.1) is 18.8 Å². The Morgan fingerprint density at radius 2 is 1.82 bits per heavy atom. The van der Waals surface area contributed by atoms with E-state index in [-0.39, 0.29) is 55.6 Å². The van der Waals surface area contributed by atoms with Gasteiger partial charge in [0.2, 0.25) is 5.95 Å². The largest absolute Gasteiger partial charge is 0.472 e. The predicted octanol–water partition coefficient (Wildman–Crippen LogP) is -0.682. The summed E-state index contributed by atoms with van der Waals surface area (Å²) >= 11 is 0. The lowest BCUT2D eigenvalue weighted by Gasteiger charge is -2.22. The number of nitrogens with two attached hydrogens (primary N) is 1. The van der Waals surface area contributed by atoms with Gasteiger partial charge in [0.1, 0.15) is 0 Å². The van der Waals surface area contributed by atoms with E-state index >= 15 is 0 Å². The molecule has 2 aliphatic carbocycles. The van der Waals surface area contributed by atoms with Gasteiger partial charge in [-0.1, -0.05) is 0 Å². The molecule has 0 bridgehead atoms. The zero-order valence-corrected chi connectivity index (χ0v) is 21.9. The standard InChI is InChI=1S/C22H30N7O9P/c1-10-6-28(22(34)27-19(10)32)13-3-12(15(31)4-13)8-37-39(35,36)38-16-5-14(2-11(16)7-30)29-9-24-17-18(29)25-21(23)26-20(17)33/h6,9,11-16,30-31H,2-5,7-8H2,1H3,(H,35,36)(H,27,32,34)(H3,23,25,26,33)/t11-,12-,13-,14-,15+,16+/m1/s1. The number of fused-ring (bicyclic) bond motifs is 1. The van der Waals surface area contributed by atoms with Gasteiger partial charge in [-0.2, -0.15) is 4.98 Å². The predicted molar refractivity (Wildman–Crippen MR) is 136 cm³/mol.